The highest BCUT2D eigenvalue weighted by molar-refractivity contribution is 9.10. The van der Waals surface area contributed by atoms with Crippen molar-refractivity contribution in [3.8, 4) is 5.75 Å². The summed E-state index contributed by atoms with van der Waals surface area (Å²) in [6.45, 7) is 5.39. The topological polar surface area (TPSA) is 50.4 Å². The number of ether oxygens (including phenoxy) is 1. The maximum Gasteiger partial charge on any atom is 0.223 e. The van der Waals surface area contributed by atoms with Crippen molar-refractivity contribution >= 4 is 34.2 Å². The van der Waals surface area contributed by atoms with Gasteiger partial charge in [0, 0.05) is 6.54 Å². The van der Waals surface area contributed by atoms with Gasteiger partial charge in [-0.1, -0.05) is 6.07 Å². The zero-order valence-corrected chi connectivity index (χ0v) is 15.3. The molecule has 0 aliphatic carbocycles. The molecule has 1 heterocycles. The predicted molar refractivity (Wildman–Crippen MR) is 94.8 cm³/mol. The van der Waals surface area contributed by atoms with Crippen LogP contribution < -0.4 is 15.4 Å². The Labute approximate surface area is 146 Å². The number of hydrogen-bond donors (Lipinski definition) is 2. The molecular formula is C16H24BrClN2O2. The minimum absolute atomic E-state index is 0. The minimum Gasteiger partial charge on any atom is -0.492 e. The molecule has 1 fully saturated rings. The standard InChI is InChI=1S/C16H23BrN2O2.ClH/c1-12-2-3-15(14(17)10-12)21-9-6-16(20)19-8-5-13-4-7-18-11-13;/h2-3,10,13,18H,4-9,11H2,1H3,(H,19,20);1H. The van der Waals surface area contributed by atoms with E-state index >= 15 is 0 Å². The van der Waals surface area contributed by atoms with Gasteiger partial charge < -0.3 is 15.4 Å². The molecule has 1 aliphatic heterocycles. The van der Waals surface area contributed by atoms with E-state index in [1.807, 2.05) is 25.1 Å². The fourth-order valence-corrected chi connectivity index (χ4v) is 3.05. The number of benzene rings is 1. The molecule has 1 aliphatic rings. The molecule has 22 heavy (non-hydrogen) atoms. The molecule has 1 aromatic rings. The number of amides is 1. The Morgan fingerprint density at radius 3 is 3.00 bits per heavy atom. The van der Waals surface area contributed by atoms with Gasteiger partial charge in [0.05, 0.1) is 17.5 Å². The largest absolute Gasteiger partial charge is 0.492 e. The fourth-order valence-electron chi connectivity index (χ4n) is 2.44. The molecule has 1 atom stereocenters. The maximum atomic E-state index is 11.7. The molecule has 0 aromatic heterocycles. The average Bonchev–Trinajstić information content (AvgIpc) is 2.94. The number of carbonyl (C=O) groups excluding carboxylic acids is 1. The number of nitrogens with one attached hydrogen (secondary N) is 2. The summed E-state index contributed by atoms with van der Waals surface area (Å²) in [7, 11) is 0. The quantitative estimate of drug-likeness (QED) is 0.751. The molecule has 4 nitrogen and oxygen atoms in total. The predicted octanol–water partition coefficient (Wildman–Crippen LogP) is 3.06. The Morgan fingerprint density at radius 1 is 1.50 bits per heavy atom. The number of carbonyl (C=O) groups is 1. The Balaban J connectivity index is 0.00000242. The first-order valence-electron chi connectivity index (χ1n) is 7.51. The molecule has 0 saturated carbocycles. The monoisotopic (exact) mass is 390 g/mol. The van der Waals surface area contributed by atoms with E-state index in [1.54, 1.807) is 0 Å². The summed E-state index contributed by atoms with van der Waals surface area (Å²) in [6.07, 6.45) is 2.67. The van der Waals surface area contributed by atoms with Crippen LogP contribution in [-0.2, 0) is 4.79 Å². The van der Waals surface area contributed by atoms with Gasteiger partial charge in [-0.2, -0.15) is 0 Å². The molecule has 124 valence electrons. The van der Waals surface area contributed by atoms with Crippen molar-refractivity contribution in [3.05, 3.63) is 28.2 Å². The third kappa shape index (κ3) is 6.55. The number of aryl methyl sites for hydroxylation is 1. The van der Waals surface area contributed by atoms with Crippen LogP contribution in [0.15, 0.2) is 22.7 Å². The van der Waals surface area contributed by atoms with Gasteiger partial charge in [0.15, 0.2) is 0 Å². The van der Waals surface area contributed by atoms with Gasteiger partial charge in [0.1, 0.15) is 5.75 Å². The lowest BCUT2D eigenvalue weighted by molar-refractivity contribution is -0.121. The molecule has 2 rings (SSSR count). The Bertz CT molecular complexity index is 479. The van der Waals surface area contributed by atoms with Crippen molar-refractivity contribution in [1.82, 2.24) is 10.6 Å². The zero-order valence-electron chi connectivity index (χ0n) is 12.9. The van der Waals surface area contributed by atoms with Crippen molar-refractivity contribution in [2.24, 2.45) is 5.92 Å². The summed E-state index contributed by atoms with van der Waals surface area (Å²) in [5.74, 6) is 1.56. The van der Waals surface area contributed by atoms with Crippen LogP contribution >= 0.6 is 28.3 Å². The normalized spacial score (nSPS) is 16.9. The van der Waals surface area contributed by atoms with Crippen LogP contribution in [0.1, 0.15) is 24.8 Å². The molecule has 1 unspecified atom stereocenters. The molecule has 2 N–H and O–H groups in total. The van der Waals surface area contributed by atoms with Crippen LogP contribution in [0, 0.1) is 12.8 Å². The molecular weight excluding hydrogens is 368 g/mol. The smallest absolute Gasteiger partial charge is 0.223 e. The van der Waals surface area contributed by atoms with E-state index in [9.17, 15) is 4.79 Å². The van der Waals surface area contributed by atoms with Gasteiger partial charge in [-0.25, -0.2) is 0 Å². The lowest BCUT2D eigenvalue weighted by atomic mass is 10.1. The van der Waals surface area contributed by atoms with Gasteiger partial charge in [-0.15, -0.1) is 12.4 Å². The molecule has 0 radical (unpaired) electrons. The van der Waals surface area contributed by atoms with Crippen LogP contribution in [0.5, 0.6) is 5.75 Å². The molecule has 0 bridgehead atoms. The van der Waals surface area contributed by atoms with Gasteiger partial charge >= 0.3 is 0 Å². The van der Waals surface area contributed by atoms with Gasteiger partial charge in [0.25, 0.3) is 0 Å². The highest BCUT2D eigenvalue weighted by Crippen LogP contribution is 2.25. The van der Waals surface area contributed by atoms with E-state index in [0.29, 0.717) is 18.9 Å². The van der Waals surface area contributed by atoms with Crippen molar-refractivity contribution < 1.29 is 9.53 Å². The minimum atomic E-state index is 0. The lowest BCUT2D eigenvalue weighted by Crippen LogP contribution is -2.27. The van der Waals surface area contributed by atoms with E-state index in [4.69, 9.17) is 4.74 Å². The second-order valence-corrected chi connectivity index (χ2v) is 6.38. The molecule has 1 aromatic carbocycles. The fraction of sp³-hybridized carbons (Fsp3) is 0.562. The molecule has 0 spiro atoms. The average molecular weight is 392 g/mol. The summed E-state index contributed by atoms with van der Waals surface area (Å²) in [6, 6.07) is 5.92. The Morgan fingerprint density at radius 2 is 2.32 bits per heavy atom. The maximum absolute atomic E-state index is 11.7. The zero-order chi connectivity index (χ0) is 15.1. The van der Waals surface area contributed by atoms with E-state index in [-0.39, 0.29) is 18.3 Å². The highest BCUT2D eigenvalue weighted by atomic mass is 79.9. The lowest BCUT2D eigenvalue weighted by Gasteiger charge is -2.11. The van der Waals surface area contributed by atoms with Crippen LogP contribution in [-0.4, -0.2) is 32.1 Å². The summed E-state index contributed by atoms with van der Waals surface area (Å²) in [5.41, 5.74) is 1.17. The highest BCUT2D eigenvalue weighted by Gasteiger charge is 2.14. The van der Waals surface area contributed by atoms with E-state index in [1.165, 1.54) is 12.0 Å². The van der Waals surface area contributed by atoms with Crippen LogP contribution in [0.4, 0.5) is 0 Å². The van der Waals surface area contributed by atoms with E-state index in [0.717, 1.165) is 36.3 Å². The number of halogens is 2. The van der Waals surface area contributed by atoms with Gasteiger partial charge in [-0.3, -0.25) is 4.79 Å². The molecule has 1 amide bonds. The molecule has 1 saturated heterocycles. The Kier molecular flexibility index (Phi) is 8.83. The van der Waals surface area contributed by atoms with Gasteiger partial charge in [-0.05, 0) is 72.4 Å². The first-order chi connectivity index (χ1) is 10.1. The van der Waals surface area contributed by atoms with Crippen molar-refractivity contribution in [2.45, 2.75) is 26.2 Å². The third-order valence-electron chi connectivity index (χ3n) is 3.71. The molecule has 6 heteroatoms. The first kappa shape index (κ1) is 19.3. The van der Waals surface area contributed by atoms with Crippen LogP contribution in [0.25, 0.3) is 0 Å². The van der Waals surface area contributed by atoms with Crippen molar-refractivity contribution in [3.63, 3.8) is 0 Å². The van der Waals surface area contributed by atoms with Crippen molar-refractivity contribution in [2.75, 3.05) is 26.2 Å². The SMILES string of the molecule is Cc1ccc(OCCC(=O)NCCC2CCNC2)c(Br)c1.Cl. The summed E-state index contributed by atoms with van der Waals surface area (Å²) < 4.78 is 6.55. The summed E-state index contributed by atoms with van der Waals surface area (Å²) >= 11 is 3.46. The summed E-state index contributed by atoms with van der Waals surface area (Å²) in [5, 5.41) is 6.30. The number of rotatable bonds is 7. The number of hydrogen-bond acceptors (Lipinski definition) is 3. The second kappa shape index (κ2) is 10.1. The van der Waals surface area contributed by atoms with Crippen LogP contribution in [0.2, 0.25) is 0 Å². The van der Waals surface area contributed by atoms with Gasteiger partial charge in [0.2, 0.25) is 5.91 Å². The Hall–Kier alpha value is -0.780. The second-order valence-electron chi connectivity index (χ2n) is 5.53. The van der Waals surface area contributed by atoms with E-state index in [2.05, 4.69) is 26.6 Å². The van der Waals surface area contributed by atoms with Crippen LogP contribution in [0.3, 0.4) is 0 Å². The summed E-state index contributed by atoms with van der Waals surface area (Å²) in [4.78, 5) is 11.7. The third-order valence-corrected chi connectivity index (χ3v) is 4.33. The van der Waals surface area contributed by atoms with E-state index < -0.39 is 0 Å². The first-order valence-corrected chi connectivity index (χ1v) is 8.31. The van der Waals surface area contributed by atoms with Crippen molar-refractivity contribution in [1.29, 1.82) is 0 Å².